The Bertz CT molecular complexity index is 1190. The fraction of sp³-hybridized carbons (Fsp3) is 0.571. The number of fused-ring (bicyclic) bond motifs is 1. The molecule has 0 spiro atoms. The molecule has 11 heteroatoms. The number of hydrogen-bond acceptors (Lipinski definition) is 7. The number of unbranched alkanes of at least 4 members (excludes halogenated alkanes) is 1. The summed E-state index contributed by atoms with van der Waals surface area (Å²) < 4.78 is 19.2. The maximum atomic E-state index is 12.7. The van der Waals surface area contributed by atoms with Crippen molar-refractivity contribution < 1.29 is 13.5 Å². The lowest BCUT2D eigenvalue weighted by atomic mass is 10.1. The number of oxime groups is 1. The van der Waals surface area contributed by atoms with Crippen LogP contribution in [0.25, 0.3) is 11.1 Å². The molecule has 0 radical (unpaired) electrons. The first-order valence-corrected chi connectivity index (χ1v) is 12.9. The van der Waals surface area contributed by atoms with Gasteiger partial charge in [-0.2, -0.15) is 4.98 Å². The number of aromatic nitrogens is 2. The van der Waals surface area contributed by atoms with Gasteiger partial charge in [-0.1, -0.05) is 25.4 Å². The van der Waals surface area contributed by atoms with Crippen LogP contribution in [0.1, 0.15) is 45.1 Å². The van der Waals surface area contributed by atoms with Crippen LogP contribution in [0, 0.1) is 0 Å². The predicted octanol–water partition coefficient (Wildman–Crippen LogP) is 1.59. The van der Waals surface area contributed by atoms with Crippen LogP contribution in [0.5, 0.6) is 6.01 Å². The zero-order valence-electron chi connectivity index (χ0n) is 18.9. The molecule has 1 atom stereocenters. The van der Waals surface area contributed by atoms with Crippen LogP contribution in [0.3, 0.4) is 0 Å². The number of aromatic amines is 1. The number of nitrogens with one attached hydrogen (secondary N) is 1. The van der Waals surface area contributed by atoms with Crippen molar-refractivity contribution >= 4 is 32.5 Å². The van der Waals surface area contributed by atoms with Crippen LogP contribution in [0.4, 0.5) is 0 Å². The van der Waals surface area contributed by atoms with E-state index in [9.17, 15) is 13.8 Å². The van der Waals surface area contributed by atoms with Crippen LogP contribution in [-0.2, 0) is 16.1 Å². The minimum atomic E-state index is -2.23. The molecule has 32 heavy (non-hydrogen) atoms. The lowest BCUT2D eigenvalue weighted by Crippen LogP contribution is -2.50. The van der Waals surface area contributed by atoms with Gasteiger partial charge in [0.15, 0.2) is 0 Å². The molecule has 2 aromatic heterocycles. The van der Waals surface area contributed by atoms with E-state index in [1.54, 1.807) is 6.26 Å². The predicted molar refractivity (Wildman–Crippen MR) is 127 cm³/mol. The van der Waals surface area contributed by atoms with Gasteiger partial charge < -0.3 is 14.2 Å². The summed E-state index contributed by atoms with van der Waals surface area (Å²) in [6.07, 6.45) is 5.52. The number of hydrogen-bond donors (Lipinski definition) is 1. The summed E-state index contributed by atoms with van der Waals surface area (Å²) in [5.41, 5.74) is -0.437. The third-order valence-electron chi connectivity index (χ3n) is 5.34. The van der Waals surface area contributed by atoms with Crippen LogP contribution in [0.15, 0.2) is 25.2 Å². The summed E-state index contributed by atoms with van der Waals surface area (Å²) in [5.74, 6) is 4.45. The molecular formula is C21H31N5O5S. The van der Waals surface area contributed by atoms with Gasteiger partial charge in [0.1, 0.15) is 11.2 Å². The average molecular weight is 466 g/mol. The van der Waals surface area contributed by atoms with E-state index in [0.717, 1.165) is 19.3 Å². The topological polar surface area (TPSA) is 121 Å². The van der Waals surface area contributed by atoms with Crippen molar-refractivity contribution in [1.29, 1.82) is 0 Å². The van der Waals surface area contributed by atoms with E-state index in [2.05, 4.69) is 25.9 Å². The van der Waals surface area contributed by atoms with Crippen LogP contribution >= 0.6 is 0 Å². The van der Waals surface area contributed by atoms with Crippen molar-refractivity contribution in [1.82, 2.24) is 19.2 Å². The molecule has 1 fully saturated rings. The van der Waals surface area contributed by atoms with Crippen molar-refractivity contribution in [3.8, 4) is 6.01 Å². The van der Waals surface area contributed by atoms with E-state index in [-0.39, 0.29) is 17.1 Å². The Morgan fingerprint density at radius 1 is 1.28 bits per heavy atom. The van der Waals surface area contributed by atoms with Crippen molar-refractivity contribution in [3.05, 3.63) is 32.4 Å². The lowest BCUT2D eigenvalue weighted by Gasteiger charge is -2.36. The van der Waals surface area contributed by atoms with E-state index in [0.29, 0.717) is 50.4 Å². The largest absolute Gasteiger partial charge is 0.403 e. The smallest absolute Gasteiger partial charge is 0.337 e. The summed E-state index contributed by atoms with van der Waals surface area (Å²) in [6.45, 7) is 6.56. The second-order valence-electron chi connectivity index (χ2n) is 7.97. The van der Waals surface area contributed by atoms with E-state index in [1.807, 2.05) is 18.2 Å². The summed E-state index contributed by atoms with van der Waals surface area (Å²) >= 11 is 0. The van der Waals surface area contributed by atoms with E-state index in [1.165, 1.54) is 6.07 Å². The van der Waals surface area contributed by atoms with Crippen molar-refractivity contribution in [2.24, 2.45) is 5.16 Å². The lowest BCUT2D eigenvalue weighted by molar-refractivity contribution is 0.250. The molecule has 1 aliphatic rings. The van der Waals surface area contributed by atoms with Gasteiger partial charge in [0.2, 0.25) is 5.71 Å². The van der Waals surface area contributed by atoms with E-state index < -0.39 is 20.9 Å². The second kappa shape index (κ2) is 10.3. The molecule has 0 bridgehead atoms. The summed E-state index contributed by atoms with van der Waals surface area (Å²) in [5, 5.41) is 4.48. The first-order chi connectivity index (χ1) is 15.2. The average Bonchev–Trinajstić information content (AvgIpc) is 2.74. The van der Waals surface area contributed by atoms with E-state index in [4.69, 9.17) is 9.25 Å². The van der Waals surface area contributed by atoms with Gasteiger partial charge in [-0.15, -0.1) is 0 Å². The maximum absolute atomic E-state index is 12.7. The first-order valence-electron chi connectivity index (χ1n) is 10.9. The van der Waals surface area contributed by atoms with Crippen LogP contribution in [-0.4, -0.2) is 67.5 Å². The normalized spacial score (nSPS) is 17.5. The number of aryl methyl sites for hydroxylation is 1. The SMILES string of the molecule is C=S(C)(=O)N1CCN(/C(CCC)=N/Oc2nc3oc(=O)cc(CCCC)c3c(=O)[nH]2)CC1. The van der Waals surface area contributed by atoms with Gasteiger partial charge in [0.25, 0.3) is 5.56 Å². The Morgan fingerprint density at radius 2 is 2.00 bits per heavy atom. The highest BCUT2D eigenvalue weighted by Crippen LogP contribution is 2.16. The van der Waals surface area contributed by atoms with Crippen molar-refractivity contribution in [3.63, 3.8) is 0 Å². The fourth-order valence-electron chi connectivity index (χ4n) is 3.65. The van der Waals surface area contributed by atoms with Gasteiger partial charge in [-0.25, -0.2) is 9.10 Å². The van der Waals surface area contributed by atoms with Gasteiger partial charge in [0.05, 0.1) is 0 Å². The van der Waals surface area contributed by atoms with Crippen molar-refractivity contribution in [2.75, 3.05) is 32.4 Å². The Labute approximate surface area is 187 Å². The molecule has 2 aromatic rings. The highest BCUT2D eigenvalue weighted by molar-refractivity contribution is 7.97. The highest BCUT2D eigenvalue weighted by Gasteiger charge is 2.23. The summed E-state index contributed by atoms with van der Waals surface area (Å²) in [4.78, 5) is 38.8. The first kappa shape index (κ1) is 24.0. The third-order valence-corrected chi connectivity index (χ3v) is 6.79. The maximum Gasteiger partial charge on any atom is 0.337 e. The molecule has 176 valence electrons. The second-order valence-corrected chi connectivity index (χ2v) is 10.4. The van der Waals surface area contributed by atoms with Crippen molar-refractivity contribution in [2.45, 2.75) is 46.0 Å². The number of rotatable bonds is 8. The summed E-state index contributed by atoms with van der Waals surface area (Å²) in [6, 6.07) is 1.20. The third kappa shape index (κ3) is 5.77. The minimum absolute atomic E-state index is 0.0589. The molecule has 3 heterocycles. The Morgan fingerprint density at radius 3 is 2.62 bits per heavy atom. The minimum Gasteiger partial charge on any atom is -0.403 e. The number of piperazine rings is 1. The molecule has 0 aromatic carbocycles. The zero-order valence-corrected chi connectivity index (χ0v) is 19.7. The molecule has 1 saturated heterocycles. The molecule has 0 saturated carbocycles. The van der Waals surface area contributed by atoms with Gasteiger partial charge >= 0.3 is 11.6 Å². The molecule has 10 nitrogen and oxygen atoms in total. The molecule has 0 aliphatic carbocycles. The molecular weight excluding hydrogens is 434 g/mol. The number of amidine groups is 1. The van der Waals surface area contributed by atoms with Crippen LogP contribution < -0.4 is 16.0 Å². The summed E-state index contributed by atoms with van der Waals surface area (Å²) in [7, 11) is -2.23. The Hall–Kier alpha value is -2.66. The number of H-pyrrole nitrogens is 1. The monoisotopic (exact) mass is 465 g/mol. The molecule has 0 amide bonds. The van der Waals surface area contributed by atoms with Gasteiger partial charge in [0, 0.05) is 54.6 Å². The standard InChI is InChI=1S/C21H31N5O5S/c1-5-7-9-15-14-17(27)30-20-18(15)19(28)22-21(23-20)31-24-16(8-6-2)25-10-12-26(13-11-25)32(3,4)29/h14H,3,5-13H2,1-2,4H3,(H,22,23,28)/b24-16+. The van der Waals surface area contributed by atoms with Gasteiger partial charge in [-0.05, 0) is 30.7 Å². The molecule has 1 aliphatic heterocycles. The number of nitrogens with zero attached hydrogens (tertiary/aromatic N) is 4. The molecule has 1 unspecified atom stereocenters. The van der Waals surface area contributed by atoms with Crippen LogP contribution in [0.2, 0.25) is 0 Å². The fourth-order valence-corrected chi connectivity index (χ4v) is 4.59. The van der Waals surface area contributed by atoms with E-state index >= 15 is 0 Å². The Kier molecular flexibility index (Phi) is 7.73. The van der Waals surface area contributed by atoms with Gasteiger partial charge in [-0.3, -0.25) is 14.0 Å². The zero-order chi connectivity index (χ0) is 23.3. The molecule has 3 rings (SSSR count). The highest BCUT2D eigenvalue weighted by atomic mass is 32.2. The Balaban J connectivity index is 1.84. The molecule has 1 N–H and O–H groups in total. The quantitative estimate of drug-likeness (QED) is 0.272.